The number of benzene rings is 2. The van der Waals surface area contributed by atoms with Crippen LogP contribution in [0.25, 0.3) is 6.08 Å². The summed E-state index contributed by atoms with van der Waals surface area (Å²) in [6.45, 7) is -0.549. The maximum atomic E-state index is 11.8. The third-order valence-electron chi connectivity index (χ3n) is 3.07. The Morgan fingerprint density at radius 3 is 2.35 bits per heavy atom. The van der Waals surface area contributed by atoms with Crippen LogP contribution in [0, 0.1) is 0 Å². The summed E-state index contributed by atoms with van der Waals surface area (Å²) < 4.78 is 4.77. The van der Waals surface area contributed by atoms with E-state index in [0.717, 1.165) is 6.08 Å². The van der Waals surface area contributed by atoms with E-state index in [1.54, 1.807) is 36.4 Å². The van der Waals surface area contributed by atoms with Crippen LogP contribution in [0.2, 0.25) is 10.0 Å². The molecule has 0 aliphatic carbocycles. The van der Waals surface area contributed by atoms with Crippen molar-refractivity contribution in [3.8, 4) is 0 Å². The molecule has 0 radical (unpaired) electrons. The molecule has 134 valence electrons. The van der Waals surface area contributed by atoms with E-state index >= 15 is 0 Å². The Kier molecular flexibility index (Phi) is 7.20. The zero-order chi connectivity index (χ0) is 18.9. The minimum atomic E-state index is -0.718. The van der Waals surface area contributed by atoms with Crippen molar-refractivity contribution in [1.82, 2.24) is 10.9 Å². The van der Waals surface area contributed by atoms with Gasteiger partial charge in [-0.25, -0.2) is 4.79 Å². The SMILES string of the molecule is O=C(COC(=O)/C=C/c1ccccc1Cl)NNC(=O)c1ccc(Cl)cc1. The summed E-state index contributed by atoms with van der Waals surface area (Å²) in [4.78, 5) is 35.0. The fourth-order valence-corrected chi connectivity index (χ4v) is 2.11. The summed E-state index contributed by atoms with van der Waals surface area (Å²) in [7, 11) is 0. The van der Waals surface area contributed by atoms with Gasteiger partial charge in [-0.3, -0.25) is 20.4 Å². The molecule has 0 aliphatic heterocycles. The number of ether oxygens (including phenoxy) is 1. The van der Waals surface area contributed by atoms with Gasteiger partial charge in [-0.2, -0.15) is 0 Å². The van der Waals surface area contributed by atoms with Gasteiger partial charge < -0.3 is 4.74 Å². The van der Waals surface area contributed by atoms with Crippen molar-refractivity contribution in [2.24, 2.45) is 0 Å². The van der Waals surface area contributed by atoms with Crippen molar-refractivity contribution in [2.75, 3.05) is 6.61 Å². The van der Waals surface area contributed by atoms with Crippen LogP contribution in [0.3, 0.4) is 0 Å². The highest BCUT2D eigenvalue weighted by Crippen LogP contribution is 2.16. The number of hydrogen-bond donors (Lipinski definition) is 2. The number of carbonyl (C=O) groups excluding carboxylic acids is 3. The molecule has 2 amide bonds. The van der Waals surface area contributed by atoms with Gasteiger partial charge in [0.25, 0.3) is 11.8 Å². The molecule has 2 aromatic carbocycles. The molecule has 0 heterocycles. The lowest BCUT2D eigenvalue weighted by Gasteiger charge is -2.07. The first kappa shape index (κ1) is 19.5. The number of carbonyl (C=O) groups is 3. The zero-order valence-electron chi connectivity index (χ0n) is 13.4. The molecule has 8 heteroatoms. The lowest BCUT2D eigenvalue weighted by Crippen LogP contribution is -2.43. The second-order valence-electron chi connectivity index (χ2n) is 4.97. The van der Waals surface area contributed by atoms with E-state index in [2.05, 4.69) is 10.9 Å². The molecule has 26 heavy (non-hydrogen) atoms. The van der Waals surface area contributed by atoms with Crippen molar-refractivity contribution in [3.63, 3.8) is 0 Å². The molecule has 0 atom stereocenters. The standard InChI is InChI=1S/C18H14Cl2N2O4/c19-14-8-5-13(6-9-14)18(25)22-21-16(23)11-26-17(24)10-7-12-3-1-2-4-15(12)20/h1-10H,11H2,(H,21,23)(H,22,25)/b10-7+. The minimum Gasteiger partial charge on any atom is -0.452 e. The van der Waals surface area contributed by atoms with Crippen molar-refractivity contribution in [3.05, 3.63) is 75.8 Å². The molecular formula is C18H14Cl2N2O4. The monoisotopic (exact) mass is 392 g/mol. The summed E-state index contributed by atoms with van der Waals surface area (Å²) in [6, 6.07) is 13.0. The smallest absolute Gasteiger partial charge is 0.331 e. The van der Waals surface area contributed by atoms with Crippen LogP contribution in [-0.2, 0) is 14.3 Å². The number of hydrogen-bond acceptors (Lipinski definition) is 4. The van der Waals surface area contributed by atoms with Gasteiger partial charge in [0.15, 0.2) is 6.61 Å². The zero-order valence-corrected chi connectivity index (χ0v) is 14.9. The lowest BCUT2D eigenvalue weighted by molar-refractivity contribution is -0.144. The predicted octanol–water partition coefficient (Wildman–Crippen LogP) is 3.01. The summed E-state index contributed by atoms with van der Waals surface area (Å²) in [6.07, 6.45) is 2.63. The topological polar surface area (TPSA) is 84.5 Å². The molecule has 2 rings (SSSR count). The molecule has 2 N–H and O–H groups in total. The first-order valence-corrected chi connectivity index (χ1v) is 8.15. The van der Waals surface area contributed by atoms with Gasteiger partial charge in [0, 0.05) is 21.7 Å². The number of amides is 2. The number of hydrazine groups is 1. The highest BCUT2D eigenvalue weighted by molar-refractivity contribution is 6.32. The summed E-state index contributed by atoms with van der Waals surface area (Å²) >= 11 is 11.7. The molecule has 0 aliphatic rings. The van der Waals surface area contributed by atoms with E-state index in [-0.39, 0.29) is 0 Å². The molecule has 0 aromatic heterocycles. The fourth-order valence-electron chi connectivity index (χ4n) is 1.79. The van der Waals surface area contributed by atoms with E-state index in [9.17, 15) is 14.4 Å². The normalized spacial score (nSPS) is 10.4. The summed E-state index contributed by atoms with van der Waals surface area (Å²) in [5.41, 5.74) is 5.30. The summed E-state index contributed by atoms with van der Waals surface area (Å²) in [5, 5.41) is 0.974. The fraction of sp³-hybridized carbons (Fsp3) is 0.0556. The van der Waals surface area contributed by atoms with Crippen molar-refractivity contribution >= 4 is 47.1 Å². The Morgan fingerprint density at radius 1 is 0.962 bits per heavy atom. The average molecular weight is 393 g/mol. The molecule has 0 bridgehead atoms. The first-order valence-electron chi connectivity index (χ1n) is 7.40. The third kappa shape index (κ3) is 6.23. The van der Waals surface area contributed by atoms with Crippen LogP contribution >= 0.6 is 23.2 Å². The van der Waals surface area contributed by atoms with Crippen molar-refractivity contribution in [1.29, 1.82) is 0 Å². The second-order valence-corrected chi connectivity index (χ2v) is 5.82. The quantitative estimate of drug-likeness (QED) is 0.465. The molecule has 0 saturated carbocycles. The van der Waals surface area contributed by atoms with E-state index in [0.29, 0.717) is 21.2 Å². The van der Waals surface area contributed by atoms with E-state index < -0.39 is 24.4 Å². The molecule has 0 spiro atoms. The molecule has 0 unspecified atom stereocenters. The van der Waals surface area contributed by atoms with Gasteiger partial charge in [0.2, 0.25) is 0 Å². The Bertz CT molecular complexity index is 835. The van der Waals surface area contributed by atoms with E-state index in [4.69, 9.17) is 27.9 Å². The Morgan fingerprint density at radius 2 is 1.65 bits per heavy atom. The molecule has 0 saturated heterocycles. The Labute approximate surface area is 159 Å². The van der Waals surface area contributed by atoms with Crippen LogP contribution in [0.1, 0.15) is 15.9 Å². The van der Waals surface area contributed by atoms with E-state index in [1.807, 2.05) is 0 Å². The van der Waals surface area contributed by atoms with Gasteiger partial charge in [-0.15, -0.1) is 0 Å². The highest BCUT2D eigenvalue weighted by atomic mass is 35.5. The number of rotatable bonds is 5. The number of halogens is 2. The van der Waals surface area contributed by atoms with Gasteiger partial charge in [-0.05, 0) is 42.0 Å². The lowest BCUT2D eigenvalue weighted by atomic mass is 10.2. The van der Waals surface area contributed by atoms with Crippen LogP contribution in [0.5, 0.6) is 0 Å². The first-order chi connectivity index (χ1) is 12.5. The molecule has 6 nitrogen and oxygen atoms in total. The van der Waals surface area contributed by atoms with Gasteiger partial charge >= 0.3 is 5.97 Å². The van der Waals surface area contributed by atoms with E-state index in [1.165, 1.54) is 18.2 Å². The molecular weight excluding hydrogens is 379 g/mol. The van der Waals surface area contributed by atoms with Crippen molar-refractivity contribution < 1.29 is 19.1 Å². The van der Waals surface area contributed by atoms with Crippen molar-refractivity contribution in [2.45, 2.75) is 0 Å². The van der Waals surface area contributed by atoms with Crippen LogP contribution in [0.15, 0.2) is 54.6 Å². The van der Waals surface area contributed by atoms with Gasteiger partial charge in [0.1, 0.15) is 0 Å². The Balaban J connectivity index is 1.74. The van der Waals surface area contributed by atoms with Crippen LogP contribution in [-0.4, -0.2) is 24.4 Å². The maximum Gasteiger partial charge on any atom is 0.331 e. The van der Waals surface area contributed by atoms with Crippen LogP contribution < -0.4 is 10.9 Å². The summed E-state index contributed by atoms with van der Waals surface area (Å²) in [5.74, 6) is -1.93. The third-order valence-corrected chi connectivity index (χ3v) is 3.67. The predicted molar refractivity (Wildman–Crippen MR) is 98.5 cm³/mol. The van der Waals surface area contributed by atoms with Crippen LogP contribution in [0.4, 0.5) is 0 Å². The average Bonchev–Trinajstić information content (AvgIpc) is 2.64. The Hall–Kier alpha value is -2.83. The number of nitrogens with one attached hydrogen (secondary N) is 2. The highest BCUT2D eigenvalue weighted by Gasteiger charge is 2.09. The second kappa shape index (κ2) is 9.60. The number of esters is 1. The van der Waals surface area contributed by atoms with Gasteiger partial charge in [0.05, 0.1) is 0 Å². The van der Waals surface area contributed by atoms with Gasteiger partial charge in [-0.1, -0.05) is 41.4 Å². The maximum absolute atomic E-state index is 11.8. The minimum absolute atomic E-state index is 0.314. The molecule has 0 fully saturated rings. The largest absolute Gasteiger partial charge is 0.452 e. The molecule has 2 aromatic rings.